The number of rotatable bonds is 9. The Balaban J connectivity index is 1.91. The van der Waals surface area contributed by atoms with E-state index in [0.717, 1.165) is 35.4 Å². The van der Waals surface area contributed by atoms with Gasteiger partial charge in [-0.1, -0.05) is 31.2 Å². The molecule has 2 N–H and O–H groups in total. The Labute approximate surface area is 174 Å². The van der Waals surface area contributed by atoms with Gasteiger partial charge in [-0.15, -0.1) is 11.3 Å². The molecule has 1 aromatic heterocycles. The number of hydrogen-bond donors (Lipinski definition) is 2. The monoisotopic (exact) mass is 427 g/mol. The maximum atomic E-state index is 12.6. The molecule has 0 radical (unpaired) electrons. The standard InChI is InChI=1S/C20H28F3N5S/c1-4-24-19(25-10-9-18-27-17(14-29-18)20(21,22)23)26-12-15-7-6-8-16(11-15)13-28(3)5-2/h6-8,11,14H,4-5,9-10,12-13H2,1-3H3,(H2,24,25,26). The van der Waals surface area contributed by atoms with Crippen LogP contribution >= 0.6 is 11.3 Å². The molecule has 2 aromatic rings. The lowest BCUT2D eigenvalue weighted by molar-refractivity contribution is -0.140. The van der Waals surface area contributed by atoms with Crippen LogP contribution in [0.2, 0.25) is 0 Å². The Hall–Kier alpha value is -2.13. The molecule has 2 rings (SSSR count). The van der Waals surface area contributed by atoms with Crippen molar-refractivity contribution in [3.63, 3.8) is 0 Å². The molecule has 0 amide bonds. The first kappa shape index (κ1) is 23.2. The van der Waals surface area contributed by atoms with Gasteiger partial charge in [0.25, 0.3) is 0 Å². The van der Waals surface area contributed by atoms with Crippen molar-refractivity contribution in [3.8, 4) is 0 Å². The largest absolute Gasteiger partial charge is 0.434 e. The highest BCUT2D eigenvalue weighted by Crippen LogP contribution is 2.29. The normalized spacial score (nSPS) is 12.4. The Kier molecular flexibility index (Phi) is 8.91. The third-order valence-electron chi connectivity index (χ3n) is 4.22. The summed E-state index contributed by atoms with van der Waals surface area (Å²) in [5.74, 6) is 0.635. The molecule has 0 saturated carbocycles. The highest BCUT2D eigenvalue weighted by atomic mass is 32.1. The molecule has 0 aliphatic rings. The molecule has 0 unspecified atom stereocenters. The fourth-order valence-electron chi connectivity index (χ4n) is 2.61. The SMILES string of the molecule is CCNC(=NCc1cccc(CN(C)CC)c1)NCCc1nc(C(F)(F)F)cs1. The maximum absolute atomic E-state index is 12.6. The second kappa shape index (κ2) is 11.2. The van der Waals surface area contributed by atoms with Crippen molar-refractivity contribution < 1.29 is 13.2 Å². The molecule has 1 aromatic carbocycles. The summed E-state index contributed by atoms with van der Waals surface area (Å²) in [7, 11) is 2.08. The van der Waals surface area contributed by atoms with Gasteiger partial charge < -0.3 is 15.5 Å². The highest BCUT2D eigenvalue weighted by Gasteiger charge is 2.33. The predicted octanol–water partition coefficient (Wildman–Crippen LogP) is 3.91. The maximum Gasteiger partial charge on any atom is 0.434 e. The van der Waals surface area contributed by atoms with Crippen LogP contribution in [-0.2, 0) is 25.7 Å². The number of guanidine groups is 1. The summed E-state index contributed by atoms with van der Waals surface area (Å²) in [4.78, 5) is 10.5. The van der Waals surface area contributed by atoms with Crippen molar-refractivity contribution in [2.24, 2.45) is 4.99 Å². The Bertz CT molecular complexity index is 788. The molecule has 0 aliphatic heterocycles. The second-order valence-corrected chi connectivity index (χ2v) is 7.59. The number of hydrogen-bond acceptors (Lipinski definition) is 4. The summed E-state index contributed by atoms with van der Waals surface area (Å²) in [6.45, 7) is 7.64. The molecular weight excluding hydrogens is 399 g/mol. The quantitative estimate of drug-likeness (QED) is 0.471. The van der Waals surface area contributed by atoms with Crippen molar-refractivity contribution in [1.82, 2.24) is 20.5 Å². The van der Waals surface area contributed by atoms with Crippen LogP contribution in [0.1, 0.15) is 35.7 Å². The van der Waals surface area contributed by atoms with Crippen LogP contribution in [0.3, 0.4) is 0 Å². The van der Waals surface area contributed by atoms with Gasteiger partial charge in [0, 0.05) is 31.4 Å². The first-order valence-electron chi connectivity index (χ1n) is 9.62. The van der Waals surface area contributed by atoms with Gasteiger partial charge in [-0.05, 0) is 31.6 Å². The van der Waals surface area contributed by atoms with Gasteiger partial charge in [0.2, 0.25) is 0 Å². The molecule has 0 fully saturated rings. The number of nitrogens with one attached hydrogen (secondary N) is 2. The van der Waals surface area contributed by atoms with E-state index in [-0.39, 0.29) is 0 Å². The van der Waals surface area contributed by atoms with E-state index in [2.05, 4.69) is 51.6 Å². The van der Waals surface area contributed by atoms with Gasteiger partial charge in [0.15, 0.2) is 11.7 Å². The zero-order valence-corrected chi connectivity index (χ0v) is 17.8. The van der Waals surface area contributed by atoms with Crippen molar-refractivity contribution in [1.29, 1.82) is 0 Å². The highest BCUT2D eigenvalue weighted by molar-refractivity contribution is 7.09. The summed E-state index contributed by atoms with van der Waals surface area (Å²) in [6.07, 6.45) is -3.98. The number of aromatic nitrogens is 1. The van der Waals surface area contributed by atoms with Crippen molar-refractivity contribution >= 4 is 17.3 Å². The fraction of sp³-hybridized carbons (Fsp3) is 0.500. The van der Waals surface area contributed by atoms with Crippen molar-refractivity contribution in [3.05, 3.63) is 51.5 Å². The number of thiazole rings is 1. The number of alkyl halides is 3. The minimum absolute atomic E-state index is 0.407. The molecule has 0 spiro atoms. The van der Waals surface area contributed by atoms with E-state index in [1.807, 2.05) is 19.1 Å². The molecule has 0 bridgehead atoms. The molecule has 1 heterocycles. The minimum Gasteiger partial charge on any atom is -0.357 e. The van der Waals surface area contributed by atoms with Gasteiger partial charge in [0.1, 0.15) is 0 Å². The Morgan fingerprint density at radius 2 is 1.97 bits per heavy atom. The van der Waals surface area contributed by atoms with Gasteiger partial charge in [-0.3, -0.25) is 0 Å². The molecule has 9 heteroatoms. The number of aliphatic imine (C=N–C) groups is 1. The van der Waals surface area contributed by atoms with Gasteiger partial charge in [0.05, 0.1) is 11.6 Å². The average molecular weight is 428 g/mol. The number of nitrogens with zero attached hydrogens (tertiary/aromatic N) is 3. The summed E-state index contributed by atoms with van der Waals surface area (Å²) < 4.78 is 37.9. The summed E-state index contributed by atoms with van der Waals surface area (Å²) in [5.41, 5.74) is 1.52. The summed E-state index contributed by atoms with van der Waals surface area (Å²) in [5, 5.41) is 7.82. The topological polar surface area (TPSA) is 52.6 Å². The Morgan fingerprint density at radius 3 is 2.62 bits per heavy atom. The lowest BCUT2D eigenvalue weighted by atomic mass is 10.1. The molecule has 0 aliphatic carbocycles. The molecule has 5 nitrogen and oxygen atoms in total. The van der Waals surface area contributed by atoms with E-state index in [0.29, 0.717) is 37.0 Å². The Morgan fingerprint density at radius 1 is 1.21 bits per heavy atom. The minimum atomic E-state index is -4.39. The third kappa shape index (κ3) is 8.02. The predicted molar refractivity (Wildman–Crippen MR) is 112 cm³/mol. The van der Waals surface area contributed by atoms with E-state index in [1.165, 1.54) is 5.56 Å². The number of benzene rings is 1. The van der Waals surface area contributed by atoms with E-state index < -0.39 is 11.9 Å². The lowest BCUT2D eigenvalue weighted by Crippen LogP contribution is -2.38. The lowest BCUT2D eigenvalue weighted by Gasteiger charge is -2.14. The number of halogens is 3. The fourth-order valence-corrected chi connectivity index (χ4v) is 3.41. The smallest absolute Gasteiger partial charge is 0.357 e. The molecule has 0 saturated heterocycles. The average Bonchev–Trinajstić information content (AvgIpc) is 3.16. The molecule has 29 heavy (non-hydrogen) atoms. The molecule has 0 atom stereocenters. The van der Waals surface area contributed by atoms with E-state index in [9.17, 15) is 13.2 Å². The zero-order valence-electron chi connectivity index (χ0n) is 17.0. The summed E-state index contributed by atoms with van der Waals surface area (Å²) >= 11 is 1.02. The van der Waals surface area contributed by atoms with Crippen LogP contribution in [0, 0.1) is 0 Å². The zero-order chi connectivity index (χ0) is 21.3. The van der Waals surface area contributed by atoms with E-state index in [4.69, 9.17) is 0 Å². The van der Waals surface area contributed by atoms with Crippen LogP contribution in [0.15, 0.2) is 34.6 Å². The van der Waals surface area contributed by atoms with Crippen LogP contribution < -0.4 is 10.6 Å². The van der Waals surface area contributed by atoms with E-state index >= 15 is 0 Å². The van der Waals surface area contributed by atoms with Gasteiger partial charge >= 0.3 is 6.18 Å². The first-order chi connectivity index (χ1) is 13.8. The van der Waals surface area contributed by atoms with Crippen LogP contribution in [0.4, 0.5) is 13.2 Å². The van der Waals surface area contributed by atoms with Crippen LogP contribution in [0.25, 0.3) is 0 Å². The van der Waals surface area contributed by atoms with Crippen molar-refractivity contribution in [2.75, 3.05) is 26.7 Å². The van der Waals surface area contributed by atoms with Crippen LogP contribution in [-0.4, -0.2) is 42.5 Å². The summed E-state index contributed by atoms with van der Waals surface area (Å²) in [6, 6.07) is 8.32. The van der Waals surface area contributed by atoms with Crippen LogP contribution in [0.5, 0.6) is 0 Å². The van der Waals surface area contributed by atoms with Crippen molar-refractivity contribution in [2.45, 2.75) is 39.5 Å². The van der Waals surface area contributed by atoms with Gasteiger partial charge in [-0.25, -0.2) is 9.98 Å². The first-order valence-corrected chi connectivity index (χ1v) is 10.5. The molecule has 160 valence electrons. The third-order valence-corrected chi connectivity index (χ3v) is 5.13. The van der Waals surface area contributed by atoms with E-state index in [1.54, 1.807) is 0 Å². The van der Waals surface area contributed by atoms with Gasteiger partial charge in [-0.2, -0.15) is 13.2 Å². The molecular formula is C20H28F3N5S. The second-order valence-electron chi connectivity index (χ2n) is 6.65.